The molecule has 3 heterocycles. The van der Waals surface area contributed by atoms with Gasteiger partial charge in [0.2, 0.25) is 0 Å². The van der Waals surface area contributed by atoms with Gasteiger partial charge in [-0.2, -0.15) is 5.10 Å². The molecule has 162 valence electrons. The first-order chi connectivity index (χ1) is 14.6. The molecule has 2 aliphatic rings. The lowest BCUT2D eigenvalue weighted by Crippen LogP contribution is -2.62. The van der Waals surface area contributed by atoms with Crippen molar-refractivity contribution < 1.29 is 5.11 Å². The third-order valence-corrected chi connectivity index (χ3v) is 6.59. The van der Waals surface area contributed by atoms with Crippen LogP contribution in [0.5, 0.6) is 5.75 Å². The molecule has 0 unspecified atom stereocenters. The third-order valence-electron chi connectivity index (χ3n) is 6.59. The molecular weight excluding hydrogens is 388 g/mol. The number of aromatic hydroxyl groups is 1. The molecule has 3 N–H and O–H groups in total. The summed E-state index contributed by atoms with van der Waals surface area (Å²) in [4.78, 5) is 2.24. The number of hydrogen-bond donors (Lipinski definition) is 3. The van der Waals surface area contributed by atoms with Crippen molar-refractivity contribution in [1.82, 2.24) is 25.7 Å². The van der Waals surface area contributed by atoms with Crippen LogP contribution in [0.1, 0.15) is 51.7 Å². The van der Waals surface area contributed by atoms with E-state index in [1.807, 2.05) is 24.4 Å². The molecule has 7 heteroatoms. The Morgan fingerprint density at radius 2 is 1.74 bits per heavy atom. The van der Waals surface area contributed by atoms with Gasteiger partial charge in [-0.3, -0.25) is 5.10 Å². The summed E-state index contributed by atoms with van der Waals surface area (Å²) in [5.41, 5.74) is 5.85. The topological polar surface area (TPSA) is 90.0 Å². The van der Waals surface area contributed by atoms with Crippen molar-refractivity contribution >= 4 is 5.82 Å². The summed E-state index contributed by atoms with van der Waals surface area (Å²) >= 11 is 0. The molecule has 31 heavy (non-hydrogen) atoms. The first-order valence-corrected chi connectivity index (χ1v) is 10.9. The molecule has 7 nitrogen and oxygen atoms in total. The first kappa shape index (κ1) is 20.0. The summed E-state index contributed by atoms with van der Waals surface area (Å²) in [6.45, 7) is 9.02. The fourth-order valence-corrected chi connectivity index (χ4v) is 5.49. The normalized spacial score (nSPS) is 19.1. The predicted octanol–water partition coefficient (Wildman–Crippen LogP) is 3.89. The van der Waals surface area contributed by atoms with E-state index in [0.29, 0.717) is 17.3 Å². The van der Waals surface area contributed by atoms with Crippen LogP contribution in [0.25, 0.3) is 22.5 Å². The number of nitrogens with one attached hydrogen (secondary N) is 2. The number of aromatic amines is 1. The monoisotopic (exact) mass is 418 g/mol. The number of hydrogen-bond acceptors (Lipinski definition) is 6. The number of fused-ring (bicyclic) bond motifs is 3. The second-order valence-corrected chi connectivity index (χ2v) is 10.3. The van der Waals surface area contributed by atoms with Gasteiger partial charge in [-0.05, 0) is 70.4 Å². The zero-order valence-corrected chi connectivity index (χ0v) is 18.8. The van der Waals surface area contributed by atoms with Gasteiger partial charge in [-0.25, -0.2) is 0 Å². The highest BCUT2D eigenvalue weighted by Gasteiger charge is 2.39. The highest BCUT2D eigenvalue weighted by molar-refractivity contribution is 5.80. The van der Waals surface area contributed by atoms with Crippen LogP contribution in [0.3, 0.4) is 0 Å². The fourth-order valence-electron chi connectivity index (χ4n) is 5.49. The number of rotatable bonds is 3. The zero-order chi connectivity index (χ0) is 22.0. The number of aromatic nitrogens is 4. The lowest BCUT2D eigenvalue weighted by molar-refractivity contribution is 0.160. The molecule has 0 amide bonds. The van der Waals surface area contributed by atoms with Crippen LogP contribution in [-0.2, 0) is 6.42 Å². The van der Waals surface area contributed by atoms with Crippen molar-refractivity contribution in [1.29, 1.82) is 0 Å². The SMILES string of the molecule is CN(c1ccc(-c2cc3c(cc2O)-c2[nH]ncc2C3)nn1)C1CC(C)(C)NC(C)(C)C1. The predicted molar refractivity (Wildman–Crippen MR) is 122 cm³/mol. The summed E-state index contributed by atoms with van der Waals surface area (Å²) < 4.78 is 0. The maximum Gasteiger partial charge on any atom is 0.151 e. The van der Waals surface area contributed by atoms with Crippen LogP contribution >= 0.6 is 0 Å². The molecule has 0 spiro atoms. The smallest absolute Gasteiger partial charge is 0.151 e. The Balaban J connectivity index is 1.40. The quantitative estimate of drug-likeness (QED) is 0.468. The van der Waals surface area contributed by atoms with Gasteiger partial charge in [0.25, 0.3) is 0 Å². The Labute approximate surface area is 182 Å². The van der Waals surface area contributed by atoms with Crippen LogP contribution in [-0.4, -0.2) is 49.7 Å². The van der Waals surface area contributed by atoms with Crippen molar-refractivity contribution in [3.63, 3.8) is 0 Å². The van der Waals surface area contributed by atoms with E-state index >= 15 is 0 Å². The number of H-pyrrole nitrogens is 1. The van der Waals surface area contributed by atoms with Gasteiger partial charge in [0.15, 0.2) is 5.82 Å². The molecule has 1 aliphatic heterocycles. The fraction of sp³-hybridized carbons (Fsp3) is 0.458. The first-order valence-electron chi connectivity index (χ1n) is 10.9. The Kier molecular flexibility index (Phi) is 4.38. The largest absolute Gasteiger partial charge is 0.507 e. The van der Waals surface area contributed by atoms with Gasteiger partial charge >= 0.3 is 0 Å². The van der Waals surface area contributed by atoms with Gasteiger partial charge in [0, 0.05) is 47.3 Å². The Bertz CT molecular complexity index is 1120. The summed E-state index contributed by atoms with van der Waals surface area (Å²) in [6, 6.07) is 8.15. The van der Waals surface area contributed by atoms with Crippen LogP contribution in [0.15, 0.2) is 30.5 Å². The van der Waals surface area contributed by atoms with E-state index in [1.165, 1.54) is 5.56 Å². The van der Waals surface area contributed by atoms with Gasteiger partial charge < -0.3 is 15.3 Å². The molecule has 1 aromatic carbocycles. The van der Waals surface area contributed by atoms with Crippen molar-refractivity contribution in [2.45, 2.75) is 64.1 Å². The standard InChI is InChI=1S/C24H30N6O/c1-23(2)11-16(12-24(3,4)29-23)30(5)21-7-6-19(26-27-21)18-9-14-8-15-13-25-28-22(15)17(14)10-20(18)31/h6-7,9-10,13,16,29,31H,8,11-12H2,1-5H3,(H,25,28). The van der Waals surface area contributed by atoms with Gasteiger partial charge in [-0.15, -0.1) is 10.2 Å². The van der Waals surface area contributed by atoms with Crippen LogP contribution in [0.2, 0.25) is 0 Å². The van der Waals surface area contributed by atoms with E-state index in [0.717, 1.165) is 41.9 Å². The minimum Gasteiger partial charge on any atom is -0.507 e. The second kappa shape index (κ2) is 6.79. The molecule has 0 bridgehead atoms. The zero-order valence-electron chi connectivity index (χ0n) is 18.8. The number of phenols is 1. The van der Waals surface area contributed by atoms with E-state index in [1.54, 1.807) is 6.07 Å². The third kappa shape index (κ3) is 3.57. The molecule has 1 fully saturated rings. The lowest BCUT2D eigenvalue weighted by Gasteiger charge is -2.49. The Morgan fingerprint density at radius 1 is 1.00 bits per heavy atom. The van der Waals surface area contributed by atoms with E-state index in [9.17, 15) is 5.11 Å². The molecule has 0 saturated carbocycles. The molecule has 1 saturated heterocycles. The van der Waals surface area contributed by atoms with Crippen molar-refractivity contribution in [2.75, 3.05) is 11.9 Å². The number of anilines is 1. The number of benzene rings is 1. The average molecular weight is 419 g/mol. The van der Waals surface area contributed by atoms with Crippen LogP contribution in [0.4, 0.5) is 5.82 Å². The molecule has 0 atom stereocenters. The lowest BCUT2D eigenvalue weighted by atomic mass is 9.79. The van der Waals surface area contributed by atoms with Crippen molar-refractivity contribution in [2.24, 2.45) is 0 Å². The van der Waals surface area contributed by atoms with Crippen molar-refractivity contribution in [3.05, 3.63) is 41.6 Å². The maximum absolute atomic E-state index is 10.7. The minimum absolute atomic E-state index is 0.0676. The van der Waals surface area contributed by atoms with Crippen LogP contribution in [0, 0.1) is 0 Å². The number of piperidine rings is 1. The molecule has 2 aromatic heterocycles. The maximum atomic E-state index is 10.7. The van der Waals surface area contributed by atoms with Gasteiger partial charge in [0.1, 0.15) is 5.75 Å². The Hall–Kier alpha value is -2.93. The summed E-state index contributed by atoms with van der Waals surface area (Å²) in [5, 5.41) is 30.5. The van der Waals surface area contributed by atoms with Crippen LogP contribution < -0.4 is 10.2 Å². The minimum atomic E-state index is 0.0676. The number of nitrogens with zero attached hydrogens (tertiary/aromatic N) is 4. The van der Waals surface area contributed by atoms with Gasteiger partial charge in [0.05, 0.1) is 17.6 Å². The summed E-state index contributed by atoms with van der Waals surface area (Å²) in [7, 11) is 2.10. The molecule has 3 aromatic rings. The van der Waals surface area contributed by atoms with E-state index in [4.69, 9.17) is 0 Å². The average Bonchev–Trinajstić information content (AvgIpc) is 3.26. The van der Waals surface area contributed by atoms with Gasteiger partial charge in [-0.1, -0.05) is 0 Å². The summed E-state index contributed by atoms with van der Waals surface area (Å²) in [6.07, 6.45) is 4.73. The molecular formula is C24H30N6O. The highest BCUT2D eigenvalue weighted by Crippen LogP contribution is 2.41. The molecule has 1 aliphatic carbocycles. The molecule has 5 rings (SSSR count). The Morgan fingerprint density at radius 3 is 2.42 bits per heavy atom. The number of phenolic OH excluding ortho intramolecular Hbond substituents is 1. The van der Waals surface area contributed by atoms with E-state index in [-0.39, 0.29) is 16.8 Å². The molecule has 0 radical (unpaired) electrons. The summed E-state index contributed by atoms with van der Waals surface area (Å²) in [5.74, 6) is 1.06. The van der Waals surface area contributed by atoms with Crippen molar-refractivity contribution in [3.8, 4) is 28.3 Å². The highest BCUT2D eigenvalue weighted by atomic mass is 16.3. The second-order valence-electron chi connectivity index (χ2n) is 10.3. The van der Waals surface area contributed by atoms with E-state index < -0.39 is 0 Å². The van der Waals surface area contributed by atoms with E-state index in [2.05, 4.69) is 65.4 Å².